The van der Waals surface area contributed by atoms with Crippen LogP contribution in [0.25, 0.3) is 5.82 Å². The normalized spacial score (nSPS) is 16.8. The molecule has 2 aromatic heterocycles. The van der Waals surface area contributed by atoms with Crippen LogP contribution in [0.15, 0.2) is 18.3 Å². The van der Waals surface area contributed by atoms with Crippen molar-refractivity contribution in [3.8, 4) is 5.82 Å². The maximum atomic E-state index is 12.8. The third-order valence-electron chi connectivity index (χ3n) is 3.58. The fourth-order valence-electron chi connectivity index (χ4n) is 2.41. The fourth-order valence-corrected chi connectivity index (χ4v) is 2.41. The second-order valence-corrected chi connectivity index (χ2v) is 5.30. The Morgan fingerprint density at radius 1 is 1.26 bits per heavy atom. The SMILES string of the molecule is CC(N)c1nc(C(F)F)nn1-c1ccc(N2CCOCC2)cn1. The number of morpholine rings is 1. The molecule has 7 nitrogen and oxygen atoms in total. The molecule has 1 aliphatic heterocycles. The van der Waals surface area contributed by atoms with E-state index in [9.17, 15) is 8.78 Å². The number of pyridine rings is 1. The van der Waals surface area contributed by atoms with E-state index >= 15 is 0 Å². The zero-order valence-corrected chi connectivity index (χ0v) is 12.7. The molecule has 0 bridgehead atoms. The Hall–Kier alpha value is -2.13. The van der Waals surface area contributed by atoms with Crippen molar-refractivity contribution in [3.05, 3.63) is 30.0 Å². The molecule has 0 aromatic carbocycles. The predicted octanol–water partition coefficient (Wildman–Crippen LogP) is 1.46. The first-order chi connectivity index (χ1) is 11.1. The minimum atomic E-state index is -2.75. The molecule has 0 saturated carbocycles. The number of ether oxygens (including phenoxy) is 1. The lowest BCUT2D eigenvalue weighted by Gasteiger charge is -2.28. The van der Waals surface area contributed by atoms with Gasteiger partial charge < -0.3 is 15.4 Å². The summed E-state index contributed by atoms with van der Waals surface area (Å²) in [6.45, 7) is 4.61. The van der Waals surface area contributed by atoms with Crippen molar-refractivity contribution in [2.75, 3.05) is 31.2 Å². The van der Waals surface area contributed by atoms with Gasteiger partial charge in [-0.05, 0) is 19.1 Å². The van der Waals surface area contributed by atoms with Gasteiger partial charge in [0.25, 0.3) is 6.43 Å². The first kappa shape index (κ1) is 15.8. The molecule has 2 aromatic rings. The summed E-state index contributed by atoms with van der Waals surface area (Å²) >= 11 is 0. The fraction of sp³-hybridized carbons (Fsp3) is 0.500. The smallest absolute Gasteiger partial charge is 0.299 e. The Labute approximate surface area is 132 Å². The molecular formula is C14H18F2N6O. The van der Waals surface area contributed by atoms with Gasteiger partial charge in [-0.2, -0.15) is 4.68 Å². The van der Waals surface area contributed by atoms with E-state index in [1.54, 1.807) is 19.2 Å². The first-order valence-corrected chi connectivity index (χ1v) is 7.36. The van der Waals surface area contributed by atoms with Gasteiger partial charge in [0.1, 0.15) is 0 Å². The quantitative estimate of drug-likeness (QED) is 0.917. The molecule has 0 radical (unpaired) electrons. The van der Waals surface area contributed by atoms with Gasteiger partial charge in [-0.1, -0.05) is 0 Å². The summed E-state index contributed by atoms with van der Waals surface area (Å²) in [6, 6.07) is 3.07. The average Bonchev–Trinajstić information content (AvgIpc) is 3.02. The van der Waals surface area contributed by atoms with Gasteiger partial charge in [-0.25, -0.2) is 18.7 Å². The third kappa shape index (κ3) is 3.30. The van der Waals surface area contributed by atoms with Crippen molar-refractivity contribution in [3.63, 3.8) is 0 Å². The van der Waals surface area contributed by atoms with Crippen molar-refractivity contribution < 1.29 is 13.5 Å². The van der Waals surface area contributed by atoms with Crippen molar-refractivity contribution in [1.29, 1.82) is 0 Å². The summed E-state index contributed by atoms with van der Waals surface area (Å²) in [5.74, 6) is 0.122. The van der Waals surface area contributed by atoms with Crippen LogP contribution in [0.4, 0.5) is 14.5 Å². The molecule has 23 heavy (non-hydrogen) atoms. The standard InChI is InChI=1S/C14H18F2N6O/c1-9(17)14-19-13(12(15)16)20-22(14)11-3-2-10(8-18-11)21-4-6-23-7-5-21/h2-3,8-9,12H,4-7,17H2,1H3. The average molecular weight is 324 g/mol. The second-order valence-electron chi connectivity index (χ2n) is 5.30. The number of halogens is 2. The van der Waals surface area contributed by atoms with Gasteiger partial charge in [0.15, 0.2) is 11.6 Å². The minimum absolute atomic E-state index is 0.256. The molecule has 3 heterocycles. The Morgan fingerprint density at radius 2 is 2.00 bits per heavy atom. The largest absolute Gasteiger partial charge is 0.378 e. The lowest BCUT2D eigenvalue weighted by molar-refractivity contribution is 0.122. The summed E-state index contributed by atoms with van der Waals surface area (Å²) in [4.78, 5) is 10.3. The van der Waals surface area contributed by atoms with Crippen LogP contribution in [-0.2, 0) is 4.74 Å². The van der Waals surface area contributed by atoms with Crippen LogP contribution in [0.3, 0.4) is 0 Å². The number of hydrogen-bond acceptors (Lipinski definition) is 6. The van der Waals surface area contributed by atoms with Gasteiger partial charge in [-0.15, -0.1) is 5.10 Å². The van der Waals surface area contributed by atoms with E-state index in [4.69, 9.17) is 10.5 Å². The van der Waals surface area contributed by atoms with Gasteiger partial charge in [0.05, 0.1) is 31.1 Å². The number of aromatic nitrogens is 4. The highest BCUT2D eigenvalue weighted by Crippen LogP contribution is 2.21. The Morgan fingerprint density at radius 3 is 2.57 bits per heavy atom. The summed E-state index contributed by atoms with van der Waals surface area (Å²) in [7, 11) is 0. The van der Waals surface area contributed by atoms with Crippen LogP contribution < -0.4 is 10.6 Å². The zero-order chi connectivity index (χ0) is 16.4. The van der Waals surface area contributed by atoms with E-state index in [1.165, 1.54) is 4.68 Å². The second kappa shape index (κ2) is 6.55. The Balaban J connectivity index is 1.89. The Kier molecular flexibility index (Phi) is 4.49. The monoisotopic (exact) mass is 324 g/mol. The van der Waals surface area contributed by atoms with E-state index in [2.05, 4.69) is 20.0 Å². The predicted molar refractivity (Wildman–Crippen MR) is 79.7 cm³/mol. The van der Waals surface area contributed by atoms with Crippen LogP contribution in [-0.4, -0.2) is 46.1 Å². The third-order valence-corrected chi connectivity index (χ3v) is 3.58. The molecule has 1 aliphatic rings. The number of nitrogens with two attached hydrogens (primary N) is 1. The summed E-state index contributed by atoms with van der Waals surface area (Å²) < 4.78 is 32.2. The van der Waals surface area contributed by atoms with Crippen molar-refractivity contribution >= 4 is 5.69 Å². The Bertz CT molecular complexity index is 652. The zero-order valence-electron chi connectivity index (χ0n) is 12.7. The first-order valence-electron chi connectivity index (χ1n) is 7.36. The van der Waals surface area contributed by atoms with Crippen LogP contribution >= 0.6 is 0 Å². The van der Waals surface area contributed by atoms with E-state index in [0.29, 0.717) is 19.0 Å². The maximum Gasteiger partial charge on any atom is 0.299 e. The van der Waals surface area contributed by atoms with Crippen molar-refractivity contribution in [2.24, 2.45) is 5.73 Å². The highest BCUT2D eigenvalue weighted by molar-refractivity contribution is 5.47. The molecule has 1 unspecified atom stereocenters. The van der Waals surface area contributed by atoms with Gasteiger partial charge in [0.2, 0.25) is 5.82 Å². The van der Waals surface area contributed by atoms with Crippen LogP contribution in [0, 0.1) is 0 Å². The number of nitrogens with zero attached hydrogens (tertiary/aromatic N) is 5. The highest BCUT2D eigenvalue weighted by atomic mass is 19.3. The van der Waals surface area contributed by atoms with Crippen LogP contribution in [0.1, 0.15) is 31.0 Å². The number of rotatable bonds is 4. The molecule has 1 saturated heterocycles. The summed E-state index contributed by atoms with van der Waals surface area (Å²) in [6.07, 6.45) is -1.06. The van der Waals surface area contributed by atoms with E-state index in [1.807, 2.05) is 6.07 Å². The molecule has 0 amide bonds. The van der Waals surface area contributed by atoms with Crippen LogP contribution in [0.2, 0.25) is 0 Å². The topological polar surface area (TPSA) is 82.1 Å². The maximum absolute atomic E-state index is 12.8. The van der Waals surface area contributed by atoms with Gasteiger partial charge in [0, 0.05) is 13.1 Å². The molecule has 1 atom stereocenters. The van der Waals surface area contributed by atoms with Crippen LogP contribution in [0.5, 0.6) is 0 Å². The molecule has 124 valence electrons. The summed E-state index contributed by atoms with van der Waals surface area (Å²) in [5, 5.41) is 3.82. The van der Waals surface area contributed by atoms with E-state index in [0.717, 1.165) is 18.8 Å². The number of alkyl halides is 2. The molecule has 9 heteroatoms. The van der Waals surface area contributed by atoms with E-state index in [-0.39, 0.29) is 5.82 Å². The molecule has 3 rings (SSSR count). The molecule has 0 spiro atoms. The van der Waals surface area contributed by atoms with Crippen molar-refractivity contribution in [1.82, 2.24) is 19.7 Å². The lowest BCUT2D eigenvalue weighted by atomic mass is 10.3. The molecule has 2 N–H and O–H groups in total. The van der Waals surface area contributed by atoms with E-state index < -0.39 is 18.3 Å². The number of anilines is 1. The molecule has 1 fully saturated rings. The minimum Gasteiger partial charge on any atom is -0.378 e. The number of hydrogen-bond donors (Lipinski definition) is 1. The highest BCUT2D eigenvalue weighted by Gasteiger charge is 2.21. The summed E-state index contributed by atoms with van der Waals surface area (Å²) in [5.41, 5.74) is 6.75. The van der Waals surface area contributed by atoms with Crippen molar-refractivity contribution in [2.45, 2.75) is 19.4 Å². The molecular weight excluding hydrogens is 306 g/mol. The van der Waals surface area contributed by atoms with Gasteiger partial charge in [-0.3, -0.25) is 0 Å². The lowest BCUT2D eigenvalue weighted by Crippen LogP contribution is -2.36. The molecule has 0 aliphatic carbocycles. The van der Waals surface area contributed by atoms with Gasteiger partial charge >= 0.3 is 0 Å².